The Hall–Kier alpha value is -3.84. The summed E-state index contributed by atoms with van der Waals surface area (Å²) >= 11 is 1.26. The molecule has 0 bridgehead atoms. The number of imidazole rings is 1. The van der Waals surface area contributed by atoms with Crippen LogP contribution in [-0.4, -0.2) is 16.5 Å². The maximum Gasteiger partial charge on any atom is 0.274 e. The number of hydrogen-bond donors (Lipinski definition) is 0. The Labute approximate surface area is 185 Å². The fraction of sp³-hybridized carbons (Fsp3) is 0.0400. The molecule has 0 fully saturated rings. The predicted octanol–water partition coefficient (Wildman–Crippen LogP) is 4.92. The van der Waals surface area contributed by atoms with Gasteiger partial charge in [-0.05, 0) is 72.3 Å². The minimum atomic E-state index is -0.376. The first-order valence-electron chi connectivity index (χ1n) is 9.76. The molecule has 3 aromatic carbocycles. The van der Waals surface area contributed by atoms with Gasteiger partial charge in [0.15, 0.2) is 4.96 Å². The van der Waals surface area contributed by atoms with Crippen LogP contribution < -0.4 is 14.8 Å². The lowest BCUT2D eigenvalue weighted by Crippen LogP contribution is -2.23. The molecule has 0 saturated carbocycles. The van der Waals surface area contributed by atoms with E-state index in [9.17, 15) is 13.6 Å². The molecule has 2 aromatic heterocycles. The summed E-state index contributed by atoms with van der Waals surface area (Å²) in [6, 6.07) is 19.2. The van der Waals surface area contributed by atoms with E-state index in [-0.39, 0.29) is 17.2 Å². The lowest BCUT2D eigenvalue weighted by molar-refractivity contribution is 0.415. The maximum atomic E-state index is 13.6. The predicted molar refractivity (Wildman–Crippen MR) is 122 cm³/mol. The van der Waals surface area contributed by atoms with Gasteiger partial charge < -0.3 is 4.74 Å². The van der Waals surface area contributed by atoms with E-state index in [1.807, 2.05) is 24.3 Å². The van der Waals surface area contributed by atoms with Gasteiger partial charge in [-0.2, -0.15) is 0 Å². The number of methoxy groups -OCH3 is 1. The van der Waals surface area contributed by atoms with E-state index in [1.54, 1.807) is 37.5 Å². The van der Waals surface area contributed by atoms with Crippen molar-refractivity contribution in [1.82, 2.24) is 9.38 Å². The van der Waals surface area contributed by atoms with Crippen molar-refractivity contribution in [1.29, 1.82) is 0 Å². The van der Waals surface area contributed by atoms with Crippen molar-refractivity contribution >= 4 is 22.4 Å². The third-order valence-corrected chi connectivity index (χ3v) is 6.08. The van der Waals surface area contributed by atoms with Crippen LogP contribution in [0.25, 0.3) is 33.6 Å². The Morgan fingerprint density at radius 3 is 2.06 bits per heavy atom. The SMILES string of the molecule is COc1ccc(/C=c2\sc3nc(-c4ccc(F)cc4)c(-c4ccc(F)cc4)n3c2=O)cc1. The van der Waals surface area contributed by atoms with Crippen molar-refractivity contribution in [2.75, 3.05) is 7.11 Å². The molecule has 0 atom stereocenters. The van der Waals surface area contributed by atoms with Crippen molar-refractivity contribution in [3.8, 4) is 28.3 Å². The summed E-state index contributed by atoms with van der Waals surface area (Å²) in [5, 5.41) is 0. The summed E-state index contributed by atoms with van der Waals surface area (Å²) < 4.78 is 34.2. The first kappa shape index (κ1) is 20.1. The minimum absolute atomic E-state index is 0.221. The van der Waals surface area contributed by atoms with Gasteiger partial charge in [0.1, 0.15) is 17.4 Å². The van der Waals surface area contributed by atoms with E-state index in [0.717, 1.165) is 11.3 Å². The highest BCUT2D eigenvalue weighted by Gasteiger charge is 2.20. The summed E-state index contributed by atoms with van der Waals surface area (Å²) in [4.78, 5) is 18.6. The van der Waals surface area contributed by atoms with Crippen molar-refractivity contribution in [3.63, 3.8) is 0 Å². The topological polar surface area (TPSA) is 43.6 Å². The molecule has 0 spiro atoms. The highest BCUT2D eigenvalue weighted by Crippen LogP contribution is 2.32. The molecule has 0 radical (unpaired) electrons. The first-order valence-corrected chi connectivity index (χ1v) is 10.6. The van der Waals surface area contributed by atoms with Gasteiger partial charge in [-0.25, -0.2) is 18.2 Å². The molecule has 0 amide bonds. The number of nitrogens with zero attached hydrogens (tertiary/aromatic N) is 2. The number of hydrogen-bond acceptors (Lipinski definition) is 4. The van der Waals surface area contributed by atoms with E-state index in [4.69, 9.17) is 4.74 Å². The average molecular weight is 446 g/mol. The first-order chi connectivity index (χ1) is 15.5. The van der Waals surface area contributed by atoms with Crippen LogP contribution in [0.15, 0.2) is 77.6 Å². The fourth-order valence-electron chi connectivity index (χ4n) is 3.53. The van der Waals surface area contributed by atoms with Gasteiger partial charge in [-0.1, -0.05) is 23.5 Å². The molecule has 5 rings (SSSR count). The summed E-state index contributed by atoms with van der Waals surface area (Å²) in [6.07, 6.45) is 1.80. The van der Waals surface area contributed by atoms with E-state index in [1.165, 1.54) is 40.0 Å². The summed E-state index contributed by atoms with van der Waals surface area (Å²) in [5.74, 6) is -0.00829. The van der Waals surface area contributed by atoms with Gasteiger partial charge in [0.05, 0.1) is 23.0 Å². The Morgan fingerprint density at radius 2 is 1.47 bits per heavy atom. The van der Waals surface area contributed by atoms with Gasteiger partial charge in [-0.3, -0.25) is 4.79 Å². The zero-order valence-electron chi connectivity index (χ0n) is 16.9. The highest BCUT2D eigenvalue weighted by molar-refractivity contribution is 7.15. The van der Waals surface area contributed by atoms with Crippen LogP contribution in [0.3, 0.4) is 0 Å². The van der Waals surface area contributed by atoms with E-state index in [0.29, 0.717) is 32.0 Å². The molecule has 0 unspecified atom stereocenters. The molecule has 4 nitrogen and oxygen atoms in total. The van der Waals surface area contributed by atoms with Crippen LogP contribution >= 0.6 is 11.3 Å². The molecule has 5 aromatic rings. The van der Waals surface area contributed by atoms with Crippen molar-refractivity contribution in [2.24, 2.45) is 0 Å². The van der Waals surface area contributed by atoms with E-state index in [2.05, 4.69) is 4.98 Å². The number of halogens is 2. The molecule has 0 saturated heterocycles. The second-order valence-electron chi connectivity index (χ2n) is 7.13. The second-order valence-corrected chi connectivity index (χ2v) is 8.14. The largest absolute Gasteiger partial charge is 0.497 e. The van der Waals surface area contributed by atoms with E-state index >= 15 is 0 Å². The van der Waals surface area contributed by atoms with Crippen LogP contribution in [0, 0.1) is 11.6 Å². The zero-order chi connectivity index (χ0) is 22.2. The standard InChI is InChI=1S/C25H16F2N2O2S/c1-31-20-12-2-15(3-13-20)14-21-24(30)29-23(17-6-10-19(27)11-7-17)22(28-25(29)32-21)16-4-8-18(26)9-5-16/h2-14H,1H3/b21-14-. The Kier molecular flexibility index (Phi) is 5.03. The third-order valence-electron chi connectivity index (χ3n) is 5.11. The Balaban J connectivity index is 1.74. The van der Waals surface area contributed by atoms with Gasteiger partial charge in [-0.15, -0.1) is 0 Å². The number of rotatable bonds is 4. The fourth-order valence-corrected chi connectivity index (χ4v) is 4.51. The molecular weight excluding hydrogens is 430 g/mol. The maximum absolute atomic E-state index is 13.6. The third kappa shape index (κ3) is 3.56. The van der Waals surface area contributed by atoms with Gasteiger partial charge in [0.25, 0.3) is 5.56 Å². The molecular formula is C25H16F2N2O2S. The van der Waals surface area contributed by atoms with Crippen LogP contribution in [0.4, 0.5) is 8.78 Å². The molecule has 0 N–H and O–H groups in total. The quantitative estimate of drug-likeness (QED) is 0.393. The van der Waals surface area contributed by atoms with Crippen LogP contribution in [0.2, 0.25) is 0 Å². The second kappa shape index (κ2) is 8.01. The van der Waals surface area contributed by atoms with Crippen LogP contribution in [0.5, 0.6) is 5.75 Å². The van der Waals surface area contributed by atoms with Crippen molar-refractivity contribution in [3.05, 3.63) is 105 Å². The van der Waals surface area contributed by atoms with Gasteiger partial charge >= 0.3 is 0 Å². The number of ether oxygens (including phenoxy) is 1. The van der Waals surface area contributed by atoms with E-state index < -0.39 is 0 Å². The number of fused-ring (bicyclic) bond motifs is 1. The monoisotopic (exact) mass is 446 g/mol. The molecule has 158 valence electrons. The zero-order valence-corrected chi connectivity index (χ0v) is 17.7. The molecule has 7 heteroatoms. The number of benzene rings is 3. The molecule has 0 aliphatic heterocycles. The normalized spacial score (nSPS) is 11.9. The molecule has 0 aliphatic carbocycles. The molecule has 0 aliphatic rings. The summed E-state index contributed by atoms with van der Waals surface area (Å²) in [5.41, 5.74) is 3.03. The highest BCUT2D eigenvalue weighted by atomic mass is 32.1. The lowest BCUT2D eigenvalue weighted by atomic mass is 10.0. The van der Waals surface area contributed by atoms with Gasteiger partial charge in [0, 0.05) is 11.1 Å². The molecule has 2 heterocycles. The summed E-state index contributed by atoms with van der Waals surface area (Å²) in [6.45, 7) is 0. The smallest absolute Gasteiger partial charge is 0.274 e. The minimum Gasteiger partial charge on any atom is -0.497 e. The Morgan fingerprint density at radius 1 is 0.875 bits per heavy atom. The lowest BCUT2D eigenvalue weighted by Gasteiger charge is -2.05. The van der Waals surface area contributed by atoms with Gasteiger partial charge in [0.2, 0.25) is 0 Å². The van der Waals surface area contributed by atoms with Crippen LogP contribution in [-0.2, 0) is 0 Å². The average Bonchev–Trinajstić information content (AvgIpc) is 3.32. The molecule has 32 heavy (non-hydrogen) atoms. The summed E-state index contributed by atoms with van der Waals surface area (Å²) in [7, 11) is 1.60. The van der Waals surface area contributed by atoms with Crippen LogP contribution in [0.1, 0.15) is 5.56 Å². The Bertz CT molecular complexity index is 1520. The van der Waals surface area contributed by atoms with Crippen molar-refractivity contribution in [2.45, 2.75) is 0 Å². The number of aromatic nitrogens is 2. The number of thiazole rings is 1. The van der Waals surface area contributed by atoms with Crippen molar-refractivity contribution < 1.29 is 13.5 Å².